The maximum atomic E-state index is 10.6. The number of aromatic nitrogens is 2. The Balaban J connectivity index is 2.18. The molecule has 0 N–H and O–H groups in total. The van der Waals surface area contributed by atoms with Gasteiger partial charge < -0.3 is 4.57 Å². The van der Waals surface area contributed by atoms with Crippen LogP contribution >= 0.6 is 0 Å². The van der Waals surface area contributed by atoms with Gasteiger partial charge in [-0.25, -0.2) is 9.78 Å². The summed E-state index contributed by atoms with van der Waals surface area (Å²) in [6.45, 7) is 0. The Morgan fingerprint density at radius 1 is 1.39 bits per heavy atom. The minimum Gasteiger partial charge on any atom is -0.334 e. The third-order valence-electron chi connectivity index (χ3n) is 3.47. The molecule has 1 aromatic carbocycles. The number of hydrogen-bond donors (Lipinski definition) is 0. The molecule has 1 aliphatic rings. The number of rotatable bonds is 3. The quantitative estimate of drug-likeness (QED) is 0.610. The first kappa shape index (κ1) is 10.9. The van der Waals surface area contributed by atoms with Gasteiger partial charge in [0.2, 0.25) is 6.08 Å². The average Bonchev–Trinajstić information content (AvgIpc) is 3.04. The van der Waals surface area contributed by atoms with Crippen molar-refractivity contribution >= 4 is 6.08 Å². The molecule has 18 heavy (non-hydrogen) atoms. The van der Waals surface area contributed by atoms with Crippen LogP contribution in [0.25, 0.3) is 11.4 Å². The second-order valence-corrected chi connectivity index (χ2v) is 4.64. The van der Waals surface area contributed by atoms with Gasteiger partial charge in [-0.3, -0.25) is 0 Å². The summed E-state index contributed by atoms with van der Waals surface area (Å²) in [5.41, 5.74) is 1.76. The number of benzene rings is 1. The fraction of sp³-hybridized carbons (Fsp3) is 0.286. The Hall–Kier alpha value is -2.19. The molecule has 1 fully saturated rings. The molecule has 1 saturated carbocycles. The Morgan fingerprint density at radius 2 is 2.17 bits per heavy atom. The molecule has 1 aromatic heterocycles. The zero-order valence-corrected chi connectivity index (χ0v) is 10.1. The van der Waals surface area contributed by atoms with E-state index in [1.165, 1.54) is 0 Å². The van der Waals surface area contributed by atoms with Crippen LogP contribution in [0.4, 0.5) is 0 Å². The summed E-state index contributed by atoms with van der Waals surface area (Å²) in [6, 6.07) is 8.01. The van der Waals surface area contributed by atoms with Crippen molar-refractivity contribution in [3.05, 3.63) is 42.2 Å². The van der Waals surface area contributed by atoms with Crippen molar-refractivity contribution < 1.29 is 4.79 Å². The molecule has 2 aromatic rings. The number of aryl methyl sites for hydroxylation is 1. The molecule has 1 heterocycles. The first-order valence-electron chi connectivity index (χ1n) is 5.93. The minimum absolute atomic E-state index is 0.357. The van der Waals surface area contributed by atoms with Gasteiger partial charge in [0.05, 0.1) is 5.54 Å². The van der Waals surface area contributed by atoms with Crippen LogP contribution in [0.1, 0.15) is 18.4 Å². The highest BCUT2D eigenvalue weighted by Crippen LogP contribution is 2.51. The Bertz CT molecular complexity index is 634. The molecule has 0 amide bonds. The van der Waals surface area contributed by atoms with Crippen LogP contribution in [-0.2, 0) is 17.4 Å². The van der Waals surface area contributed by atoms with Crippen molar-refractivity contribution in [2.75, 3.05) is 0 Å². The lowest BCUT2D eigenvalue weighted by molar-refractivity contribution is 0.556. The summed E-state index contributed by atoms with van der Waals surface area (Å²) in [6.07, 6.45) is 7.20. The topological polar surface area (TPSA) is 47.2 Å². The third-order valence-corrected chi connectivity index (χ3v) is 3.47. The fourth-order valence-corrected chi connectivity index (χ4v) is 2.36. The molecular weight excluding hydrogens is 226 g/mol. The van der Waals surface area contributed by atoms with Crippen LogP contribution in [0, 0.1) is 0 Å². The van der Waals surface area contributed by atoms with Gasteiger partial charge in [-0.1, -0.05) is 24.3 Å². The van der Waals surface area contributed by atoms with Gasteiger partial charge in [-0.05, 0) is 18.4 Å². The van der Waals surface area contributed by atoms with E-state index in [9.17, 15) is 4.79 Å². The highest BCUT2D eigenvalue weighted by molar-refractivity contribution is 5.64. The summed E-state index contributed by atoms with van der Waals surface area (Å²) in [5.74, 6) is 0.901. The predicted octanol–water partition coefficient (Wildman–Crippen LogP) is 2.41. The van der Waals surface area contributed by atoms with E-state index in [4.69, 9.17) is 0 Å². The number of imidazole rings is 1. The Kier molecular flexibility index (Phi) is 2.39. The molecule has 0 aliphatic heterocycles. The molecule has 1 aliphatic carbocycles. The first-order chi connectivity index (χ1) is 8.77. The maximum absolute atomic E-state index is 10.6. The largest absolute Gasteiger partial charge is 0.334 e. The van der Waals surface area contributed by atoms with Gasteiger partial charge >= 0.3 is 0 Å². The van der Waals surface area contributed by atoms with E-state index in [0.29, 0.717) is 0 Å². The lowest BCUT2D eigenvalue weighted by Crippen LogP contribution is -2.06. The van der Waals surface area contributed by atoms with Gasteiger partial charge in [0.25, 0.3) is 0 Å². The molecule has 90 valence electrons. The van der Waals surface area contributed by atoms with E-state index in [2.05, 4.69) is 9.98 Å². The number of hydrogen-bond acceptors (Lipinski definition) is 3. The minimum atomic E-state index is -0.357. The van der Waals surface area contributed by atoms with Crippen molar-refractivity contribution in [1.29, 1.82) is 0 Å². The number of carbonyl (C=O) groups excluding carboxylic acids is 1. The molecule has 0 saturated heterocycles. The van der Waals surface area contributed by atoms with Crippen LogP contribution in [-0.4, -0.2) is 15.6 Å². The fourth-order valence-electron chi connectivity index (χ4n) is 2.36. The Morgan fingerprint density at radius 3 is 2.78 bits per heavy atom. The smallest absolute Gasteiger partial charge is 0.235 e. The summed E-state index contributed by atoms with van der Waals surface area (Å²) in [5, 5.41) is 0. The molecule has 0 radical (unpaired) electrons. The highest BCUT2D eigenvalue weighted by Gasteiger charge is 2.46. The van der Waals surface area contributed by atoms with Crippen LogP contribution < -0.4 is 0 Å². The monoisotopic (exact) mass is 239 g/mol. The lowest BCUT2D eigenvalue weighted by Gasteiger charge is -2.14. The van der Waals surface area contributed by atoms with E-state index in [-0.39, 0.29) is 5.54 Å². The molecule has 0 bridgehead atoms. The summed E-state index contributed by atoms with van der Waals surface area (Å²) >= 11 is 0. The van der Waals surface area contributed by atoms with E-state index >= 15 is 0 Å². The zero-order chi connectivity index (χ0) is 12.6. The average molecular weight is 239 g/mol. The van der Waals surface area contributed by atoms with Crippen LogP contribution in [0.3, 0.4) is 0 Å². The molecule has 4 heteroatoms. The molecular formula is C14H13N3O. The number of nitrogens with zero attached hydrogens (tertiary/aromatic N) is 3. The lowest BCUT2D eigenvalue weighted by atomic mass is 9.98. The molecule has 0 spiro atoms. The zero-order valence-electron chi connectivity index (χ0n) is 10.1. The predicted molar refractivity (Wildman–Crippen MR) is 67.7 cm³/mol. The summed E-state index contributed by atoms with van der Waals surface area (Å²) in [7, 11) is 1.96. The van der Waals surface area contributed by atoms with Crippen molar-refractivity contribution in [3.8, 4) is 11.4 Å². The van der Waals surface area contributed by atoms with Crippen molar-refractivity contribution in [1.82, 2.24) is 9.55 Å². The van der Waals surface area contributed by atoms with E-state index in [1.807, 2.05) is 42.1 Å². The van der Waals surface area contributed by atoms with Crippen LogP contribution in [0.15, 0.2) is 41.7 Å². The third kappa shape index (κ3) is 1.59. The summed E-state index contributed by atoms with van der Waals surface area (Å²) < 4.78 is 1.97. The van der Waals surface area contributed by atoms with E-state index in [1.54, 1.807) is 12.3 Å². The van der Waals surface area contributed by atoms with Gasteiger partial charge in [0.15, 0.2) is 0 Å². The normalized spacial score (nSPS) is 16.1. The Labute approximate surface area is 105 Å². The SMILES string of the molecule is Cn1ccnc1-c1ccccc1C1(N=C=O)CC1. The second kappa shape index (κ2) is 3.93. The van der Waals surface area contributed by atoms with Gasteiger partial charge in [0, 0.05) is 25.0 Å². The van der Waals surface area contributed by atoms with E-state index in [0.717, 1.165) is 29.8 Å². The van der Waals surface area contributed by atoms with Crippen molar-refractivity contribution in [2.45, 2.75) is 18.4 Å². The first-order valence-corrected chi connectivity index (χ1v) is 5.93. The molecule has 3 rings (SSSR count). The van der Waals surface area contributed by atoms with Gasteiger partial charge in [-0.2, -0.15) is 4.99 Å². The van der Waals surface area contributed by atoms with Crippen LogP contribution in [0.5, 0.6) is 0 Å². The van der Waals surface area contributed by atoms with Gasteiger partial charge in [0.1, 0.15) is 5.82 Å². The van der Waals surface area contributed by atoms with E-state index < -0.39 is 0 Å². The standard InChI is InChI=1S/C14H13N3O/c1-17-9-8-15-13(17)11-4-2-3-5-12(11)14(6-7-14)16-10-18/h2-5,8-9H,6-7H2,1H3. The van der Waals surface area contributed by atoms with Gasteiger partial charge in [-0.15, -0.1) is 0 Å². The van der Waals surface area contributed by atoms with Crippen LogP contribution in [0.2, 0.25) is 0 Å². The highest BCUT2D eigenvalue weighted by atomic mass is 16.1. The number of isocyanates is 1. The molecule has 4 nitrogen and oxygen atoms in total. The number of aliphatic imine (C=N–C) groups is 1. The second-order valence-electron chi connectivity index (χ2n) is 4.64. The van der Waals surface area contributed by atoms with Crippen molar-refractivity contribution in [2.24, 2.45) is 12.0 Å². The van der Waals surface area contributed by atoms with Crippen molar-refractivity contribution in [3.63, 3.8) is 0 Å². The maximum Gasteiger partial charge on any atom is 0.235 e. The molecule has 0 unspecified atom stereocenters. The summed E-state index contributed by atoms with van der Waals surface area (Å²) in [4.78, 5) is 19.0. The molecule has 0 atom stereocenters.